The van der Waals surface area contributed by atoms with Crippen molar-refractivity contribution in [3.8, 4) is 0 Å². The lowest BCUT2D eigenvalue weighted by molar-refractivity contribution is 0.252. The van der Waals surface area contributed by atoms with Crippen LogP contribution in [-0.4, -0.2) is 27.8 Å². The van der Waals surface area contributed by atoms with Gasteiger partial charge in [-0.15, -0.1) is 11.3 Å². The largest absolute Gasteiger partial charge is 0.338 e. The Labute approximate surface area is 132 Å². The van der Waals surface area contributed by atoms with Crippen LogP contribution in [-0.2, 0) is 6.42 Å². The number of hydrogen-bond acceptors (Lipinski definition) is 4. The van der Waals surface area contributed by atoms with Crippen LogP contribution in [0.2, 0.25) is 0 Å². The fourth-order valence-electron chi connectivity index (χ4n) is 2.15. The van der Waals surface area contributed by atoms with Crippen molar-refractivity contribution in [2.45, 2.75) is 19.8 Å². The maximum absolute atomic E-state index is 11.8. The molecule has 0 atom stereocenters. The van der Waals surface area contributed by atoms with E-state index in [0.717, 1.165) is 40.1 Å². The molecule has 0 unspecified atom stereocenters. The van der Waals surface area contributed by atoms with E-state index in [-0.39, 0.29) is 6.03 Å². The molecule has 22 heavy (non-hydrogen) atoms. The van der Waals surface area contributed by atoms with Crippen LogP contribution >= 0.6 is 11.3 Å². The highest BCUT2D eigenvalue weighted by Gasteiger charge is 2.04. The minimum Gasteiger partial charge on any atom is -0.338 e. The lowest BCUT2D eigenvalue weighted by Gasteiger charge is -2.07. The molecule has 2 amide bonds. The highest BCUT2D eigenvalue weighted by atomic mass is 32.1. The molecule has 7 heteroatoms. The number of nitrogens with zero attached hydrogens (tertiary/aromatic N) is 2. The van der Waals surface area contributed by atoms with E-state index in [9.17, 15) is 4.79 Å². The van der Waals surface area contributed by atoms with Crippen molar-refractivity contribution in [2.24, 2.45) is 0 Å². The molecule has 0 saturated carbocycles. The molecular formula is C15H17N5OS. The van der Waals surface area contributed by atoms with Crippen LogP contribution in [0, 0.1) is 6.92 Å². The molecule has 0 aliphatic rings. The first-order chi connectivity index (χ1) is 10.7. The molecule has 6 nitrogen and oxygen atoms in total. The van der Waals surface area contributed by atoms with E-state index in [2.05, 4.69) is 25.8 Å². The number of aryl methyl sites for hydroxylation is 2. The van der Waals surface area contributed by atoms with E-state index >= 15 is 0 Å². The maximum atomic E-state index is 11.8. The Balaban J connectivity index is 1.44. The van der Waals surface area contributed by atoms with Crippen molar-refractivity contribution in [1.29, 1.82) is 0 Å². The summed E-state index contributed by atoms with van der Waals surface area (Å²) in [6.45, 7) is 2.61. The Bertz CT molecular complexity index is 779. The van der Waals surface area contributed by atoms with Crippen LogP contribution in [0.25, 0.3) is 10.9 Å². The fourth-order valence-corrected chi connectivity index (χ4v) is 2.97. The number of aromatic amines is 1. The monoisotopic (exact) mass is 315 g/mol. The van der Waals surface area contributed by atoms with E-state index in [1.807, 2.05) is 30.5 Å². The lowest BCUT2D eigenvalue weighted by atomic mass is 10.2. The molecule has 3 aromatic rings. The molecule has 0 aliphatic heterocycles. The summed E-state index contributed by atoms with van der Waals surface area (Å²) in [4.78, 5) is 16.2. The Morgan fingerprint density at radius 1 is 1.41 bits per heavy atom. The topological polar surface area (TPSA) is 82.7 Å². The molecule has 2 heterocycles. The van der Waals surface area contributed by atoms with Crippen molar-refractivity contribution in [2.75, 3.05) is 11.9 Å². The van der Waals surface area contributed by atoms with Crippen LogP contribution in [0.15, 0.2) is 29.8 Å². The van der Waals surface area contributed by atoms with Gasteiger partial charge in [-0.1, -0.05) is 0 Å². The van der Waals surface area contributed by atoms with E-state index in [0.29, 0.717) is 6.54 Å². The molecule has 0 aliphatic carbocycles. The highest BCUT2D eigenvalue weighted by molar-refractivity contribution is 7.09. The quantitative estimate of drug-likeness (QED) is 0.633. The first kappa shape index (κ1) is 14.5. The fraction of sp³-hybridized carbons (Fsp3) is 0.267. The molecule has 0 bridgehead atoms. The second-order valence-corrected chi connectivity index (χ2v) is 5.98. The summed E-state index contributed by atoms with van der Waals surface area (Å²) in [5.74, 6) is 0. The van der Waals surface area contributed by atoms with Gasteiger partial charge in [-0.2, -0.15) is 5.10 Å². The second-order valence-electron chi connectivity index (χ2n) is 5.04. The summed E-state index contributed by atoms with van der Waals surface area (Å²) in [6, 6.07) is 5.43. The number of H-pyrrole nitrogens is 1. The van der Waals surface area contributed by atoms with Gasteiger partial charge in [0, 0.05) is 35.1 Å². The SMILES string of the molecule is Cc1csc(CCCNC(=O)Nc2ccc3[nH]ncc3c2)n1. The third kappa shape index (κ3) is 3.62. The minimum atomic E-state index is -0.196. The molecule has 0 radical (unpaired) electrons. The molecule has 3 rings (SSSR count). The van der Waals surface area contributed by atoms with Gasteiger partial charge in [-0.25, -0.2) is 9.78 Å². The van der Waals surface area contributed by atoms with Crippen molar-refractivity contribution < 1.29 is 4.79 Å². The molecule has 0 fully saturated rings. The van der Waals surface area contributed by atoms with Gasteiger partial charge in [0.15, 0.2) is 0 Å². The van der Waals surface area contributed by atoms with Crippen LogP contribution in [0.3, 0.4) is 0 Å². The summed E-state index contributed by atoms with van der Waals surface area (Å²) < 4.78 is 0. The zero-order chi connectivity index (χ0) is 15.4. The summed E-state index contributed by atoms with van der Waals surface area (Å²) in [5.41, 5.74) is 2.76. The standard InChI is InChI=1S/C15H17N5OS/c1-10-9-22-14(18-10)3-2-6-16-15(21)19-12-4-5-13-11(7-12)8-17-20-13/h4-5,7-9H,2-3,6H2,1H3,(H,17,20)(H2,16,19,21). The average Bonchev–Trinajstić information content (AvgIpc) is 3.12. The predicted molar refractivity (Wildman–Crippen MR) is 88.3 cm³/mol. The van der Waals surface area contributed by atoms with Crippen molar-refractivity contribution in [1.82, 2.24) is 20.5 Å². The maximum Gasteiger partial charge on any atom is 0.319 e. The average molecular weight is 315 g/mol. The normalized spacial score (nSPS) is 10.8. The Kier molecular flexibility index (Phi) is 4.34. The smallest absolute Gasteiger partial charge is 0.319 e. The number of urea groups is 1. The molecular weight excluding hydrogens is 298 g/mol. The Hall–Kier alpha value is -2.41. The van der Waals surface area contributed by atoms with Gasteiger partial charge in [0.2, 0.25) is 0 Å². The minimum absolute atomic E-state index is 0.196. The lowest BCUT2D eigenvalue weighted by Crippen LogP contribution is -2.29. The van der Waals surface area contributed by atoms with Crippen LogP contribution in [0.1, 0.15) is 17.1 Å². The Morgan fingerprint density at radius 3 is 3.14 bits per heavy atom. The van der Waals surface area contributed by atoms with E-state index in [1.54, 1.807) is 17.5 Å². The van der Waals surface area contributed by atoms with Gasteiger partial charge in [0.1, 0.15) is 0 Å². The molecule has 114 valence electrons. The van der Waals surface area contributed by atoms with Gasteiger partial charge in [-0.3, -0.25) is 5.10 Å². The van der Waals surface area contributed by atoms with Gasteiger partial charge in [-0.05, 0) is 31.5 Å². The number of aromatic nitrogens is 3. The van der Waals surface area contributed by atoms with Gasteiger partial charge in [0.25, 0.3) is 0 Å². The number of anilines is 1. The summed E-state index contributed by atoms with van der Waals surface area (Å²) in [6.07, 6.45) is 3.50. The number of carbonyl (C=O) groups excluding carboxylic acids is 1. The number of amides is 2. The Morgan fingerprint density at radius 2 is 2.32 bits per heavy atom. The van der Waals surface area contributed by atoms with Crippen LogP contribution in [0.5, 0.6) is 0 Å². The van der Waals surface area contributed by atoms with Crippen molar-refractivity contribution in [3.63, 3.8) is 0 Å². The number of nitrogens with one attached hydrogen (secondary N) is 3. The highest BCUT2D eigenvalue weighted by Crippen LogP contribution is 2.16. The van der Waals surface area contributed by atoms with Gasteiger partial charge in [0.05, 0.1) is 16.7 Å². The number of hydrogen-bond donors (Lipinski definition) is 3. The van der Waals surface area contributed by atoms with Gasteiger partial charge < -0.3 is 10.6 Å². The summed E-state index contributed by atoms with van der Waals surface area (Å²) in [7, 11) is 0. The number of fused-ring (bicyclic) bond motifs is 1. The first-order valence-corrected chi connectivity index (χ1v) is 7.98. The first-order valence-electron chi connectivity index (χ1n) is 7.10. The van der Waals surface area contributed by atoms with E-state index < -0.39 is 0 Å². The number of benzene rings is 1. The summed E-state index contributed by atoms with van der Waals surface area (Å²) in [5, 5.41) is 16.6. The second kappa shape index (κ2) is 6.57. The molecule has 1 aromatic carbocycles. The van der Waals surface area contributed by atoms with Crippen LogP contribution in [0.4, 0.5) is 10.5 Å². The summed E-state index contributed by atoms with van der Waals surface area (Å²) >= 11 is 1.66. The predicted octanol–water partition coefficient (Wildman–Crippen LogP) is 3.08. The van der Waals surface area contributed by atoms with Gasteiger partial charge >= 0.3 is 6.03 Å². The van der Waals surface area contributed by atoms with Crippen molar-refractivity contribution >= 4 is 34.0 Å². The number of carbonyl (C=O) groups is 1. The third-order valence-electron chi connectivity index (χ3n) is 3.22. The molecule has 2 aromatic heterocycles. The zero-order valence-electron chi connectivity index (χ0n) is 12.2. The number of rotatable bonds is 5. The van der Waals surface area contributed by atoms with Crippen LogP contribution < -0.4 is 10.6 Å². The third-order valence-corrected chi connectivity index (χ3v) is 4.24. The van der Waals surface area contributed by atoms with E-state index in [4.69, 9.17) is 0 Å². The van der Waals surface area contributed by atoms with E-state index in [1.165, 1.54) is 0 Å². The van der Waals surface area contributed by atoms with Crippen molar-refractivity contribution in [3.05, 3.63) is 40.5 Å². The number of thiazole rings is 1. The zero-order valence-corrected chi connectivity index (χ0v) is 13.0. The molecule has 0 saturated heterocycles. The molecule has 3 N–H and O–H groups in total. The molecule has 0 spiro atoms.